The normalized spacial score (nSPS) is 15.1. The van der Waals surface area contributed by atoms with Crippen LogP contribution in [0, 0.1) is 0 Å². The lowest BCUT2D eigenvalue weighted by molar-refractivity contribution is -0.0426. The average Bonchev–Trinajstić information content (AvgIpc) is 2.81. The van der Waals surface area contributed by atoms with Gasteiger partial charge in [0.25, 0.3) is 5.56 Å². The number of H-pyrrole nitrogens is 1. The summed E-state index contributed by atoms with van der Waals surface area (Å²) in [5.41, 5.74) is 2.05. The minimum Gasteiger partial charge on any atom is -0.449 e. The van der Waals surface area contributed by atoms with Crippen molar-refractivity contribution in [2.75, 3.05) is 0 Å². The molecule has 4 rings (SSSR count). The van der Waals surface area contributed by atoms with Gasteiger partial charge < -0.3 is 14.5 Å². The second-order valence-electron chi connectivity index (χ2n) is 5.82. The van der Waals surface area contributed by atoms with Crippen molar-refractivity contribution >= 4 is 27.0 Å². The fraction of sp³-hybridized carbons (Fsp3) is 0.176. The fourth-order valence-corrected chi connectivity index (χ4v) is 3.05. The molecule has 0 aliphatic carbocycles. The maximum Gasteiger partial charge on any atom is 0.274 e. The average molecular weight is 373 g/mol. The number of hydrogen-bond donors (Lipinski definition) is 1. The van der Waals surface area contributed by atoms with E-state index in [4.69, 9.17) is 9.47 Å². The Morgan fingerprint density at radius 2 is 2.00 bits per heavy atom. The predicted molar refractivity (Wildman–Crippen MR) is 90.8 cm³/mol. The van der Waals surface area contributed by atoms with Crippen LogP contribution < -0.4 is 15.0 Å². The first-order valence-corrected chi connectivity index (χ1v) is 7.93. The summed E-state index contributed by atoms with van der Waals surface area (Å²) in [6.45, 7) is 3.67. The van der Waals surface area contributed by atoms with Gasteiger partial charge in [0, 0.05) is 23.9 Å². The highest BCUT2D eigenvalue weighted by Gasteiger charge is 2.33. The molecule has 0 amide bonds. The first-order chi connectivity index (χ1) is 10.9. The highest BCUT2D eigenvalue weighted by Crippen LogP contribution is 2.43. The standard InChI is InChI=1S/C17H13BrN2O3/c1-17(2)22-12-7-6-11-14(15(12)23-17)20-13(16(21)19-11)9-4-3-5-10(18)8-9/h3-8H,1-2H3,(H,19,21). The molecule has 1 N–H and O–H groups in total. The summed E-state index contributed by atoms with van der Waals surface area (Å²) in [7, 11) is 0. The van der Waals surface area contributed by atoms with Gasteiger partial charge in [0.2, 0.25) is 5.79 Å². The molecule has 1 aromatic heterocycles. The molecule has 0 saturated carbocycles. The molecule has 0 atom stereocenters. The zero-order chi connectivity index (χ0) is 16.2. The van der Waals surface area contributed by atoms with Gasteiger partial charge in [0.1, 0.15) is 11.2 Å². The second-order valence-corrected chi connectivity index (χ2v) is 6.73. The molecule has 2 heterocycles. The van der Waals surface area contributed by atoms with E-state index >= 15 is 0 Å². The molecule has 6 heteroatoms. The van der Waals surface area contributed by atoms with Crippen LogP contribution in [0.3, 0.4) is 0 Å². The lowest BCUT2D eigenvalue weighted by atomic mass is 10.1. The Hall–Kier alpha value is -2.34. The summed E-state index contributed by atoms with van der Waals surface area (Å²) >= 11 is 3.41. The molecule has 116 valence electrons. The van der Waals surface area contributed by atoms with Crippen LogP contribution in [0.25, 0.3) is 22.3 Å². The Morgan fingerprint density at radius 1 is 1.17 bits per heavy atom. The van der Waals surface area contributed by atoms with Gasteiger partial charge in [0.15, 0.2) is 11.5 Å². The Morgan fingerprint density at radius 3 is 2.78 bits per heavy atom. The molecule has 23 heavy (non-hydrogen) atoms. The second kappa shape index (κ2) is 4.83. The summed E-state index contributed by atoms with van der Waals surface area (Å²) in [6, 6.07) is 11.0. The zero-order valence-electron chi connectivity index (χ0n) is 12.5. The third-order valence-electron chi connectivity index (χ3n) is 3.58. The van der Waals surface area contributed by atoms with Crippen molar-refractivity contribution in [3.8, 4) is 22.8 Å². The molecule has 0 saturated heterocycles. The van der Waals surface area contributed by atoms with Crippen molar-refractivity contribution in [1.29, 1.82) is 0 Å². The number of halogens is 1. The summed E-state index contributed by atoms with van der Waals surface area (Å²) in [6.07, 6.45) is 0. The van der Waals surface area contributed by atoms with Crippen LogP contribution in [0.4, 0.5) is 0 Å². The lowest BCUT2D eigenvalue weighted by Crippen LogP contribution is -2.29. The Labute approximate surface area is 140 Å². The Kier molecular flexibility index (Phi) is 2.99. The number of benzene rings is 2. The topological polar surface area (TPSA) is 64.2 Å². The monoisotopic (exact) mass is 372 g/mol. The summed E-state index contributed by atoms with van der Waals surface area (Å²) in [4.78, 5) is 19.8. The summed E-state index contributed by atoms with van der Waals surface area (Å²) in [5.74, 6) is 0.437. The number of hydrogen-bond acceptors (Lipinski definition) is 4. The third kappa shape index (κ3) is 2.39. The number of fused-ring (bicyclic) bond motifs is 3. The predicted octanol–water partition coefficient (Wildman–Crippen LogP) is 3.86. The molecule has 0 unspecified atom stereocenters. The first-order valence-electron chi connectivity index (χ1n) is 7.14. The van der Waals surface area contributed by atoms with E-state index in [0.717, 1.165) is 10.0 Å². The van der Waals surface area contributed by atoms with Gasteiger partial charge in [-0.3, -0.25) is 4.79 Å². The van der Waals surface area contributed by atoms with Gasteiger partial charge in [-0.05, 0) is 24.3 Å². The van der Waals surface area contributed by atoms with Gasteiger partial charge in [-0.2, -0.15) is 0 Å². The van der Waals surface area contributed by atoms with Gasteiger partial charge in [-0.15, -0.1) is 0 Å². The number of nitrogens with zero attached hydrogens (tertiary/aromatic N) is 1. The van der Waals surface area contributed by atoms with E-state index in [9.17, 15) is 4.79 Å². The number of ether oxygens (including phenoxy) is 2. The van der Waals surface area contributed by atoms with E-state index in [1.165, 1.54) is 0 Å². The maximum absolute atomic E-state index is 12.4. The van der Waals surface area contributed by atoms with E-state index < -0.39 is 5.79 Å². The number of nitrogens with one attached hydrogen (secondary N) is 1. The van der Waals surface area contributed by atoms with E-state index in [2.05, 4.69) is 25.9 Å². The quantitative estimate of drug-likeness (QED) is 0.704. The van der Waals surface area contributed by atoms with Crippen molar-refractivity contribution in [2.24, 2.45) is 0 Å². The van der Waals surface area contributed by atoms with Crippen molar-refractivity contribution in [3.63, 3.8) is 0 Å². The highest BCUT2D eigenvalue weighted by molar-refractivity contribution is 9.10. The molecule has 0 radical (unpaired) electrons. The lowest BCUT2D eigenvalue weighted by Gasteiger charge is -2.16. The number of aromatic nitrogens is 2. The van der Waals surface area contributed by atoms with Crippen LogP contribution in [0.2, 0.25) is 0 Å². The van der Waals surface area contributed by atoms with Crippen molar-refractivity contribution in [3.05, 3.63) is 51.2 Å². The summed E-state index contributed by atoms with van der Waals surface area (Å²) < 4.78 is 12.5. The van der Waals surface area contributed by atoms with E-state index in [1.54, 1.807) is 12.1 Å². The molecule has 0 bridgehead atoms. The molecule has 2 aromatic carbocycles. The van der Waals surface area contributed by atoms with Crippen LogP contribution in [0.15, 0.2) is 45.7 Å². The number of aromatic amines is 1. The van der Waals surface area contributed by atoms with Crippen LogP contribution in [-0.4, -0.2) is 15.8 Å². The smallest absolute Gasteiger partial charge is 0.274 e. The third-order valence-corrected chi connectivity index (χ3v) is 4.08. The molecule has 3 aromatic rings. The van der Waals surface area contributed by atoms with Gasteiger partial charge in [0.05, 0.1) is 5.52 Å². The van der Waals surface area contributed by atoms with Crippen molar-refractivity contribution < 1.29 is 9.47 Å². The molecule has 0 fully saturated rings. The van der Waals surface area contributed by atoms with Crippen LogP contribution >= 0.6 is 15.9 Å². The van der Waals surface area contributed by atoms with Gasteiger partial charge in [-0.1, -0.05) is 28.1 Å². The minimum atomic E-state index is -0.746. The van der Waals surface area contributed by atoms with E-state index in [0.29, 0.717) is 28.2 Å². The zero-order valence-corrected chi connectivity index (χ0v) is 14.1. The molecular weight excluding hydrogens is 360 g/mol. The molecule has 1 aliphatic rings. The van der Waals surface area contributed by atoms with Gasteiger partial charge in [-0.25, -0.2) is 4.98 Å². The van der Waals surface area contributed by atoms with Crippen LogP contribution in [0.5, 0.6) is 11.5 Å². The first kappa shape index (κ1) is 14.3. The van der Waals surface area contributed by atoms with Crippen LogP contribution in [-0.2, 0) is 0 Å². The fourth-order valence-electron chi connectivity index (χ4n) is 2.65. The molecule has 0 spiro atoms. The summed E-state index contributed by atoms with van der Waals surface area (Å²) in [5, 5.41) is 0. The number of rotatable bonds is 1. The van der Waals surface area contributed by atoms with Crippen LogP contribution in [0.1, 0.15) is 13.8 Å². The maximum atomic E-state index is 12.4. The Balaban J connectivity index is 1.98. The Bertz CT molecular complexity index is 995. The van der Waals surface area contributed by atoms with E-state index in [1.807, 2.05) is 38.1 Å². The minimum absolute atomic E-state index is 0.242. The molecule has 1 aliphatic heterocycles. The van der Waals surface area contributed by atoms with E-state index in [-0.39, 0.29) is 5.56 Å². The highest BCUT2D eigenvalue weighted by atomic mass is 79.9. The van der Waals surface area contributed by atoms with Crippen molar-refractivity contribution in [1.82, 2.24) is 9.97 Å². The molecular formula is C17H13BrN2O3. The van der Waals surface area contributed by atoms with Crippen molar-refractivity contribution in [2.45, 2.75) is 19.6 Å². The van der Waals surface area contributed by atoms with Gasteiger partial charge >= 0.3 is 0 Å². The largest absolute Gasteiger partial charge is 0.449 e. The molecule has 5 nitrogen and oxygen atoms in total. The SMILES string of the molecule is CC1(C)Oc2ccc3[nH]c(=O)c(-c4cccc(Br)c4)nc3c2O1.